The molecule has 520 valence electrons. The summed E-state index contributed by atoms with van der Waals surface area (Å²) in [6.07, 6.45) is -5.05. The first-order chi connectivity index (χ1) is 45.1. The molecule has 32 heteroatoms. The summed E-state index contributed by atoms with van der Waals surface area (Å²) >= 11 is 0. The maximum absolute atomic E-state index is 13.8. The van der Waals surface area contributed by atoms with Crippen molar-refractivity contribution in [1.82, 2.24) is 49.3 Å². The van der Waals surface area contributed by atoms with E-state index in [0.29, 0.717) is 111 Å². The number of benzene rings is 2. The van der Waals surface area contributed by atoms with Gasteiger partial charge in [0.1, 0.15) is 12.2 Å². The second kappa shape index (κ2) is 28.9. The van der Waals surface area contributed by atoms with Crippen molar-refractivity contribution in [2.75, 3.05) is 9.80 Å². The zero-order valence-corrected chi connectivity index (χ0v) is 53.0. The Morgan fingerprint density at radius 2 is 0.833 bits per heavy atom. The molecule has 2 saturated carbocycles. The monoisotopic (exact) mass is 1360 g/mol. The molecule has 10 rings (SSSR count). The molecule has 96 heavy (non-hydrogen) atoms. The van der Waals surface area contributed by atoms with Crippen LogP contribution in [0.25, 0.3) is 22.3 Å². The van der Waals surface area contributed by atoms with E-state index < -0.39 is 119 Å². The highest BCUT2D eigenvalue weighted by molar-refractivity contribution is 5.73. The molecule has 0 radical (unpaired) electrons. The van der Waals surface area contributed by atoms with Gasteiger partial charge < -0.3 is 39.3 Å². The average Bonchev–Trinajstić information content (AvgIpc) is 0.867. The first-order valence-electron chi connectivity index (χ1n) is 31.2. The summed E-state index contributed by atoms with van der Waals surface area (Å²) in [5.74, 6) is -2.64. The van der Waals surface area contributed by atoms with Crippen molar-refractivity contribution in [3.05, 3.63) is 119 Å². The van der Waals surface area contributed by atoms with Gasteiger partial charge in [-0.2, -0.15) is 62.9 Å². The van der Waals surface area contributed by atoms with Gasteiger partial charge >= 0.3 is 48.8 Å². The first-order valence-corrected chi connectivity index (χ1v) is 31.2. The molecule has 20 nitrogen and oxygen atoms in total. The van der Waals surface area contributed by atoms with Crippen molar-refractivity contribution in [3.63, 3.8) is 0 Å². The molecule has 2 unspecified atom stereocenters. The molecule has 0 spiro atoms. The highest BCUT2D eigenvalue weighted by atomic mass is 19.4. The fraction of sp³-hybridized carbons (Fsp3) is 0.531. The van der Waals surface area contributed by atoms with E-state index in [-0.39, 0.29) is 73.2 Å². The van der Waals surface area contributed by atoms with Crippen LogP contribution < -0.4 is 9.80 Å². The Morgan fingerprint density at radius 1 is 0.479 bits per heavy atom. The molecular formula is C64H72F12N12O8. The van der Waals surface area contributed by atoms with Crippen molar-refractivity contribution in [2.45, 2.75) is 191 Å². The van der Waals surface area contributed by atoms with Crippen LogP contribution in [0.4, 0.5) is 74.2 Å². The number of anilines is 2. The number of carboxylic acids is 2. The Labute approximate surface area is 543 Å². The quantitative estimate of drug-likeness (QED) is 0.0859. The summed E-state index contributed by atoms with van der Waals surface area (Å²) in [6, 6.07) is 0.421. The number of carbonyl (C=O) groups excluding carboxylic acids is 2. The van der Waals surface area contributed by atoms with Gasteiger partial charge in [0.05, 0.1) is 46.5 Å². The number of likely N-dealkylation sites (tertiary alicyclic amines) is 2. The highest BCUT2D eigenvalue weighted by Crippen LogP contribution is 2.42. The Bertz CT molecular complexity index is 3590. The minimum absolute atomic E-state index is 0.0927. The van der Waals surface area contributed by atoms with Gasteiger partial charge in [-0.3, -0.25) is 19.0 Å². The van der Waals surface area contributed by atoms with Crippen LogP contribution in [-0.4, -0.2) is 132 Å². The van der Waals surface area contributed by atoms with E-state index in [2.05, 4.69) is 30.1 Å². The van der Waals surface area contributed by atoms with Crippen LogP contribution in [0.5, 0.6) is 0 Å². The third-order valence-electron chi connectivity index (χ3n) is 18.2. The van der Waals surface area contributed by atoms with Gasteiger partial charge in [0.25, 0.3) is 0 Å². The number of alkyl halides is 12. The van der Waals surface area contributed by atoms with Gasteiger partial charge in [-0.1, -0.05) is 13.8 Å². The summed E-state index contributed by atoms with van der Waals surface area (Å²) in [6.45, 7) is 6.61. The number of halogens is 12. The van der Waals surface area contributed by atoms with Gasteiger partial charge in [0, 0.05) is 123 Å². The third-order valence-corrected chi connectivity index (χ3v) is 18.2. The molecule has 2 aliphatic heterocycles. The Balaban J connectivity index is 0.000000225. The number of nitrogens with zero attached hydrogens (tertiary/aromatic N) is 12. The normalized spacial score (nSPS) is 23.3. The maximum Gasteiger partial charge on any atom is 0.416 e. The number of ether oxygens (including phenoxy) is 2. The Kier molecular flexibility index (Phi) is 21.6. The van der Waals surface area contributed by atoms with Gasteiger partial charge in [-0.15, -0.1) is 0 Å². The van der Waals surface area contributed by atoms with E-state index in [9.17, 15) is 82.1 Å². The molecule has 6 heterocycles. The van der Waals surface area contributed by atoms with Crippen LogP contribution in [0.2, 0.25) is 0 Å². The molecule has 6 atom stereocenters. The molecule has 2 aromatic carbocycles. The standard InChI is InChI=1S/2C32H36F6N6O4/c1-18-8-26(9-19(2)44(18)30(47)48-27-6-4-21(5-7-27)28(45)46)43(29-39-13-22(14-40-29)23-15-41-42(3)17-23)16-20-10-24(31(33,34)35)12-25(11-20)32(36,37)38;1-4-24-11-26(12-25(5-2)44(24)30(47)48-27-8-19(9-27)28(45)46)43(29-39-13-20(14-40-29)21-15-41-42(3)17-21)16-18-6-22(31(33,34)35)10-23(7-18)32(36,37)38/h10-15,17-19,21,26-27H,4-9,16H2,1-3H3,(H,45,46);6-7,10,13-15,17,19,24-27H,4-5,8-9,11-12,16H2,1-3H3,(H,45,46)/t18-,19+,21?,26?,27?;19?,24-,25+,26?,27?. The van der Waals surface area contributed by atoms with Gasteiger partial charge in [0.2, 0.25) is 11.9 Å². The smallest absolute Gasteiger partial charge is 0.416 e. The first kappa shape index (κ1) is 71.6. The van der Waals surface area contributed by atoms with Crippen molar-refractivity contribution >= 4 is 36.0 Å². The minimum atomic E-state index is -5.01. The highest BCUT2D eigenvalue weighted by Gasteiger charge is 2.46. The lowest BCUT2D eigenvalue weighted by molar-refractivity contribution is -0.149. The second-order valence-electron chi connectivity index (χ2n) is 25.0. The van der Waals surface area contributed by atoms with E-state index in [1.54, 1.807) is 81.7 Å². The molecule has 4 aliphatic rings. The Hall–Kier alpha value is -8.74. The van der Waals surface area contributed by atoms with Crippen LogP contribution in [0.3, 0.4) is 0 Å². The van der Waals surface area contributed by atoms with Crippen molar-refractivity contribution in [3.8, 4) is 22.3 Å². The lowest BCUT2D eigenvalue weighted by Gasteiger charge is -2.48. The third kappa shape index (κ3) is 17.3. The van der Waals surface area contributed by atoms with E-state index in [1.807, 2.05) is 13.8 Å². The fourth-order valence-corrected chi connectivity index (χ4v) is 13.1. The van der Waals surface area contributed by atoms with Crippen LogP contribution >= 0.6 is 0 Å². The number of amides is 2. The van der Waals surface area contributed by atoms with E-state index in [0.717, 1.165) is 0 Å². The number of piperidine rings is 2. The number of carboxylic acid groups (broad SMARTS) is 2. The van der Waals surface area contributed by atoms with E-state index >= 15 is 0 Å². The summed E-state index contributed by atoms with van der Waals surface area (Å²) in [7, 11) is 3.47. The SMILES string of the molecule is CC[C@@H]1CC(N(Cc2cc(C(F)(F)F)cc(C(F)(F)F)c2)c2ncc(-c3cnn(C)c3)cn2)C[C@H](CC)N1C(=O)OC1CC(C(=O)O)C1.C[C@@H]1CC(N(Cc2cc(C(F)(F)F)cc(C(F)(F)F)c2)c2ncc(-c3cnn(C)c3)cn2)C[C@H](C)N1C(=O)OC1CCC(C(=O)O)CC1. The number of aliphatic carboxylic acids is 2. The van der Waals surface area contributed by atoms with Crippen molar-refractivity contribution in [1.29, 1.82) is 0 Å². The lowest BCUT2D eigenvalue weighted by Crippen LogP contribution is -2.57. The topological polar surface area (TPSA) is 227 Å². The predicted octanol–water partition coefficient (Wildman–Crippen LogP) is 13.9. The number of hydrogen-bond acceptors (Lipinski definition) is 14. The maximum atomic E-state index is 13.8. The van der Waals surface area contributed by atoms with Crippen LogP contribution in [0, 0.1) is 11.8 Å². The van der Waals surface area contributed by atoms with Gasteiger partial charge in [-0.25, -0.2) is 29.5 Å². The molecule has 0 bridgehead atoms. The molecular weight excluding hydrogens is 1290 g/mol. The zero-order valence-electron chi connectivity index (χ0n) is 53.0. The minimum Gasteiger partial charge on any atom is -0.481 e. The number of aryl methyl sites for hydroxylation is 2. The molecule has 2 saturated heterocycles. The fourth-order valence-electron chi connectivity index (χ4n) is 13.1. The zero-order chi connectivity index (χ0) is 69.9. The van der Waals surface area contributed by atoms with Crippen molar-refractivity contribution in [2.24, 2.45) is 25.9 Å². The van der Waals surface area contributed by atoms with Crippen molar-refractivity contribution < 1.29 is 91.5 Å². The lowest BCUT2D eigenvalue weighted by atomic mass is 9.82. The van der Waals surface area contributed by atoms with Crippen LogP contribution in [-0.2, 0) is 71.0 Å². The number of hydrogen-bond donors (Lipinski definition) is 2. The molecule has 6 aromatic rings. The molecule has 2 amide bonds. The second-order valence-corrected chi connectivity index (χ2v) is 25.0. The Morgan fingerprint density at radius 3 is 1.17 bits per heavy atom. The number of carbonyl (C=O) groups is 4. The predicted molar refractivity (Wildman–Crippen MR) is 321 cm³/mol. The average molecular weight is 1370 g/mol. The van der Waals surface area contributed by atoms with Crippen LogP contribution in [0.1, 0.15) is 138 Å². The summed E-state index contributed by atoms with van der Waals surface area (Å²) in [5.41, 5.74) is -3.47. The van der Waals surface area contributed by atoms with E-state index in [1.165, 1.54) is 24.8 Å². The van der Waals surface area contributed by atoms with Crippen LogP contribution in [0.15, 0.2) is 86.0 Å². The largest absolute Gasteiger partial charge is 0.481 e. The van der Waals surface area contributed by atoms with E-state index in [4.69, 9.17) is 9.47 Å². The molecule has 4 aromatic heterocycles. The van der Waals surface area contributed by atoms with Gasteiger partial charge in [-0.05, 0) is 138 Å². The number of rotatable bonds is 16. The summed E-state index contributed by atoms with van der Waals surface area (Å²) in [5, 5.41) is 26.7. The molecule has 2 N–H and O–H groups in total. The molecule has 4 fully saturated rings. The summed E-state index contributed by atoms with van der Waals surface area (Å²) in [4.78, 5) is 73.5. The molecule has 2 aliphatic carbocycles. The number of aromatic nitrogens is 8. The summed E-state index contributed by atoms with van der Waals surface area (Å²) < 4.78 is 179. The van der Waals surface area contributed by atoms with Gasteiger partial charge in [0.15, 0.2) is 0 Å².